The fourth-order valence-electron chi connectivity index (χ4n) is 9.12. The quantitative estimate of drug-likeness (QED) is 0.166. The molecule has 0 amide bonds. The van der Waals surface area contributed by atoms with E-state index < -0.39 is 0 Å². The van der Waals surface area contributed by atoms with Gasteiger partial charge in [-0.2, -0.15) is 0 Å². The molecular formula is C54H34N2S. The molecule has 57 heavy (non-hydrogen) atoms. The van der Waals surface area contributed by atoms with Crippen LogP contribution in [0.3, 0.4) is 0 Å². The lowest BCUT2D eigenvalue weighted by atomic mass is 9.99. The molecule has 0 fully saturated rings. The maximum atomic E-state index is 2.43. The highest BCUT2D eigenvalue weighted by Crippen LogP contribution is 2.42. The van der Waals surface area contributed by atoms with E-state index in [4.69, 9.17) is 0 Å². The number of nitrogens with zero attached hydrogens (tertiary/aromatic N) is 2. The molecule has 0 aliphatic carbocycles. The molecule has 0 saturated carbocycles. The zero-order valence-electron chi connectivity index (χ0n) is 30.9. The lowest BCUT2D eigenvalue weighted by molar-refractivity contribution is 1.18. The average Bonchev–Trinajstić information content (AvgIpc) is 3.94. The van der Waals surface area contributed by atoms with Gasteiger partial charge in [-0.1, -0.05) is 140 Å². The van der Waals surface area contributed by atoms with Gasteiger partial charge in [0, 0.05) is 53.1 Å². The molecule has 0 spiro atoms. The first-order valence-electron chi connectivity index (χ1n) is 19.5. The predicted molar refractivity (Wildman–Crippen MR) is 244 cm³/mol. The highest BCUT2D eigenvalue weighted by molar-refractivity contribution is 7.25. The smallest absolute Gasteiger partial charge is 0.0547 e. The molecule has 9 aromatic carbocycles. The number of thiophene rings is 1. The summed E-state index contributed by atoms with van der Waals surface area (Å²) in [6, 6.07) is 75.7. The van der Waals surface area contributed by atoms with Crippen LogP contribution in [0.15, 0.2) is 206 Å². The van der Waals surface area contributed by atoms with E-state index in [9.17, 15) is 0 Å². The zero-order valence-corrected chi connectivity index (χ0v) is 31.7. The molecule has 0 saturated heterocycles. The van der Waals surface area contributed by atoms with E-state index in [1.165, 1.54) is 97.2 Å². The van der Waals surface area contributed by atoms with E-state index >= 15 is 0 Å². The van der Waals surface area contributed by atoms with Crippen molar-refractivity contribution in [2.45, 2.75) is 0 Å². The van der Waals surface area contributed by atoms with Crippen LogP contribution in [-0.4, -0.2) is 9.13 Å². The van der Waals surface area contributed by atoms with Crippen LogP contribution in [0.5, 0.6) is 0 Å². The minimum Gasteiger partial charge on any atom is -0.309 e. The van der Waals surface area contributed by atoms with Crippen LogP contribution in [0.25, 0.3) is 109 Å². The van der Waals surface area contributed by atoms with Gasteiger partial charge in [-0.3, -0.25) is 0 Å². The molecular weight excluding hydrogens is 709 g/mol. The van der Waals surface area contributed by atoms with E-state index in [2.05, 4.69) is 215 Å². The molecule has 12 aromatic rings. The molecule has 0 atom stereocenters. The highest BCUT2D eigenvalue weighted by Gasteiger charge is 2.17. The molecule has 3 aromatic heterocycles. The summed E-state index contributed by atoms with van der Waals surface area (Å²) in [7, 11) is 0. The summed E-state index contributed by atoms with van der Waals surface area (Å²) in [5.74, 6) is 0. The number of hydrogen-bond donors (Lipinski definition) is 0. The van der Waals surface area contributed by atoms with Gasteiger partial charge in [0.05, 0.1) is 22.1 Å². The Bertz CT molecular complexity index is 3510. The number of benzene rings is 9. The van der Waals surface area contributed by atoms with Gasteiger partial charge in [0.1, 0.15) is 0 Å². The molecule has 2 nitrogen and oxygen atoms in total. The molecule has 0 unspecified atom stereocenters. The largest absolute Gasteiger partial charge is 0.309 e. The standard InChI is InChI=1S/C54H34N2S/c1-2-12-35(13-3-1)37-14-10-15-41(32-37)56-49-21-8-5-17-44(49)47-33-38(27-31-50(47)56)39-26-30-45-43-16-4-7-20-48(43)55(51(45)34-39)40-28-24-36(25-29-40)42-19-11-23-53-54(42)46-18-6-9-22-52(46)57-53/h1-34H. The monoisotopic (exact) mass is 742 g/mol. The first kappa shape index (κ1) is 32.1. The van der Waals surface area contributed by atoms with Crippen LogP contribution >= 0.6 is 11.3 Å². The third-order valence-corrected chi connectivity index (χ3v) is 12.9. The van der Waals surface area contributed by atoms with Crippen LogP contribution in [0.4, 0.5) is 0 Å². The number of hydrogen-bond acceptors (Lipinski definition) is 1. The van der Waals surface area contributed by atoms with E-state index in [1.807, 2.05) is 11.3 Å². The summed E-state index contributed by atoms with van der Waals surface area (Å²) >= 11 is 1.87. The van der Waals surface area contributed by atoms with Crippen LogP contribution in [-0.2, 0) is 0 Å². The second-order valence-electron chi connectivity index (χ2n) is 14.9. The Labute approximate surface area is 333 Å². The van der Waals surface area contributed by atoms with Crippen LogP contribution in [0, 0.1) is 0 Å². The van der Waals surface area contributed by atoms with Crippen molar-refractivity contribution in [3.05, 3.63) is 206 Å². The second kappa shape index (κ2) is 12.7. The molecule has 0 aliphatic rings. The molecule has 266 valence electrons. The minimum atomic E-state index is 1.15. The van der Waals surface area contributed by atoms with Crippen molar-refractivity contribution in [2.24, 2.45) is 0 Å². The maximum Gasteiger partial charge on any atom is 0.0547 e. The van der Waals surface area contributed by atoms with E-state index in [0.29, 0.717) is 0 Å². The molecule has 0 radical (unpaired) electrons. The second-order valence-corrected chi connectivity index (χ2v) is 16.0. The maximum absolute atomic E-state index is 2.43. The first-order chi connectivity index (χ1) is 28.3. The zero-order chi connectivity index (χ0) is 37.5. The number of para-hydroxylation sites is 2. The van der Waals surface area contributed by atoms with Gasteiger partial charge in [0.2, 0.25) is 0 Å². The van der Waals surface area contributed by atoms with Crippen molar-refractivity contribution >= 4 is 75.1 Å². The summed E-state index contributed by atoms with van der Waals surface area (Å²) in [5, 5.41) is 7.68. The number of fused-ring (bicyclic) bond motifs is 9. The molecule has 0 aliphatic heterocycles. The summed E-state index contributed by atoms with van der Waals surface area (Å²) in [6.45, 7) is 0. The van der Waals surface area contributed by atoms with Gasteiger partial charge in [-0.15, -0.1) is 11.3 Å². The number of aromatic nitrogens is 2. The van der Waals surface area contributed by atoms with Gasteiger partial charge in [-0.05, 0) is 100 Å². The van der Waals surface area contributed by atoms with E-state index in [1.54, 1.807) is 0 Å². The molecule has 0 N–H and O–H groups in total. The third-order valence-electron chi connectivity index (χ3n) is 11.7. The Morgan fingerprint density at radius 3 is 1.67 bits per heavy atom. The fourth-order valence-corrected chi connectivity index (χ4v) is 10.3. The normalized spacial score (nSPS) is 11.9. The van der Waals surface area contributed by atoms with Crippen molar-refractivity contribution in [2.75, 3.05) is 0 Å². The Morgan fingerprint density at radius 1 is 0.281 bits per heavy atom. The lowest BCUT2D eigenvalue weighted by Gasteiger charge is -2.12. The summed E-state index contributed by atoms with van der Waals surface area (Å²) in [6.07, 6.45) is 0. The van der Waals surface area contributed by atoms with E-state index in [0.717, 1.165) is 11.4 Å². The number of rotatable bonds is 5. The predicted octanol–water partition coefficient (Wildman–Crippen LogP) is 15.2. The fraction of sp³-hybridized carbons (Fsp3) is 0. The summed E-state index contributed by atoms with van der Waals surface area (Å²) in [5.41, 5.74) is 14.5. The van der Waals surface area contributed by atoms with Crippen LogP contribution in [0.2, 0.25) is 0 Å². The van der Waals surface area contributed by atoms with Crippen molar-refractivity contribution in [3.63, 3.8) is 0 Å². The molecule has 3 heterocycles. The minimum absolute atomic E-state index is 1.15. The van der Waals surface area contributed by atoms with Crippen molar-refractivity contribution in [3.8, 4) is 44.8 Å². The van der Waals surface area contributed by atoms with E-state index in [-0.39, 0.29) is 0 Å². The third kappa shape index (κ3) is 5.03. The van der Waals surface area contributed by atoms with Crippen molar-refractivity contribution in [1.29, 1.82) is 0 Å². The first-order valence-corrected chi connectivity index (χ1v) is 20.3. The molecule has 0 bridgehead atoms. The topological polar surface area (TPSA) is 9.86 Å². The van der Waals surface area contributed by atoms with Crippen LogP contribution < -0.4 is 0 Å². The molecule has 12 rings (SSSR count). The van der Waals surface area contributed by atoms with Gasteiger partial charge in [-0.25, -0.2) is 0 Å². The Balaban J connectivity index is 0.990. The van der Waals surface area contributed by atoms with Crippen molar-refractivity contribution in [1.82, 2.24) is 9.13 Å². The Morgan fingerprint density at radius 2 is 0.842 bits per heavy atom. The van der Waals surface area contributed by atoms with Crippen molar-refractivity contribution < 1.29 is 0 Å². The molecule has 3 heteroatoms. The highest BCUT2D eigenvalue weighted by atomic mass is 32.1. The summed E-state index contributed by atoms with van der Waals surface area (Å²) < 4.78 is 7.50. The average molecular weight is 743 g/mol. The van der Waals surface area contributed by atoms with Gasteiger partial charge in [0.15, 0.2) is 0 Å². The van der Waals surface area contributed by atoms with Gasteiger partial charge >= 0.3 is 0 Å². The SMILES string of the molecule is c1ccc(-c2cccc(-n3c4ccccc4c4cc(-c5ccc6c7ccccc7n(-c7ccc(-c8cccc9sc%10ccccc%10c89)cc7)c6c5)ccc43)c2)cc1. The summed E-state index contributed by atoms with van der Waals surface area (Å²) in [4.78, 5) is 0. The van der Waals surface area contributed by atoms with Gasteiger partial charge in [0.25, 0.3) is 0 Å². The lowest BCUT2D eigenvalue weighted by Crippen LogP contribution is -1.94. The Kier molecular flexibility index (Phi) is 7.13. The van der Waals surface area contributed by atoms with Gasteiger partial charge < -0.3 is 9.13 Å². The Hall–Kier alpha value is -7.20. The van der Waals surface area contributed by atoms with Crippen LogP contribution in [0.1, 0.15) is 0 Å².